The van der Waals surface area contributed by atoms with E-state index in [-0.39, 0.29) is 5.91 Å². The monoisotopic (exact) mass is 368 g/mol. The Morgan fingerprint density at radius 1 is 1.11 bits per heavy atom. The second kappa shape index (κ2) is 9.02. The minimum atomic E-state index is 0.0388. The topological polar surface area (TPSA) is 46.0 Å². The van der Waals surface area contributed by atoms with Crippen LogP contribution in [0.4, 0.5) is 11.4 Å². The van der Waals surface area contributed by atoms with Gasteiger partial charge >= 0.3 is 0 Å². The Hall–Kier alpha value is -2.37. The van der Waals surface area contributed by atoms with E-state index in [1.54, 1.807) is 0 Å². The van der Waals surface area contributed by atoms with Gasteiger partial charge in [0.25, 0.3) is 5.91 Å². The van der Waals surface area contributed by atoms with E-state index in [1.165, 1.54) is 27.3 Å². The number of ether oxygens (including phenoxy) is 1. The fourth-order valence-corrected chi connectivity index (χ4v) is 3.43. The molecule has 1 aliphatic heterocycles. The maximum absolute atomic E-state index is 12.4. The Bertz CT molecular complexity index is 768. The molecule has 144 valence electrons. The van der Waals surface area contributed by atoms with E-state index >= 15 is 0 Å². The zero-order valence-corrected chi connectivity index (χ0v) is 16.5. The van der Waals surface area contributed by atoms with Gasteiger partial charge < -0.3 is 19.9 Å². The van der Waals surface area contributed by atoms with Crippen molar-refractivity contribution in [2.75, 3.05) is 50.1 Å². The largest absolute Gasteiger partial charge is 0.378 e. The first-order valence-corrected chi connectivity index (χ1v) is 9.61. The van der Waals surface area contributed by atoms with Crippen LogP contribution < -0.4 is 15.1 Å². The van der Waals surface area contributed by atoms with Crippen LogP contribution in [0.1, 0.15) is 16.7 Å². The number of likely N-dealkylation sites (N-methyl/N-ethyl adjacent to an activating group) is 1. The molecule has 0 spiro atoms. The van der Waals surface area contributed by atoms with Crippen LogP contribution in [0.5, 0.6) is 0 Å². The molecule has 5 nitrogen and oxygen atoms in total. The Kier molecular flexibility index (Phi) is 6.48. The highest BCUT2D eigenvalue weighted by Gasteiger charge is 2.14. The molecule has 1 heterocycles. The minimum Gasteiger partial charge on any atom is -0.378 e. The quantitative estimate of drug-likeness (QED) is 0.817. The van der Waals surface area contributed by atoms with Gasteiger partial charge in [0.05, 0.1) is 20.3 Å². The molecule has 5 heteroatoms. The van der Waals surface area contributed by atoms with Crippen molar-refractivity contribution in [2.45, 2.75) is 20.4 Å². The molecule has 2 aromatic carbocycles. The van der Waals surface area contributed by atoms with E-state index in [9.17, 15) is 4.79 Å². The number of benzene rings is 2. The summed E-state index contributed by atoms with van der Waals surface area (Å²) in [6.45, 7) is 8.89. The fourth-order valence-electron chi connectivity index (χ4n) is 3.43. The van der Waals surface area contributed by atoms with Crippen molar-refractivity contribution in [3.8, 4) is 0 Å². The maximum atomic E-state index is 12.4. The molecule has 2 aromatic rings. The molecule has 1 atom stereocenters. The number of carbonyl (C=O) groups is 1. The Morgan fingerprint density at radius 3 is 2.52 bits per heavy atom. The standard InChI is InChI=1S/C22H29N3O2/c1-17-4-5-18(2)19(14-17)15-24(3)16-22(26)23-20-6-8-21(9-7-20)25-10-12-27-13-11-25/h4-9,14H,10-13,15-16H2,1-3H3,(H,23,26)/p+1. The Balaban J connectivity index is 1.51. The number of amides is 1. The number of carbonyl (C=O) groups excluding carboxylic acids is 1. The van der Waals surface area contributed by atoms with Crippen LogP contribution >= 0.6 is 0 Å². The lowest BCUT2D eigenvalue weighted by Gasteiger charge is -2.28. The van der Waals surface area contributed by atoms with Crippen LogP contribution in [0, 0.1) is 13.8 Å². The lowest BCUT2D eigenvalue weighted by Crippen LogP contribution is -3.08. The van der Waals surface area contributed by atoms with Gasteiger partial charge in [0.15, 0.2) is 6.54 Å². The van der Waals surface area contributed by atoms with Gasteiger partial charge in [-0.05, 0) is 43.7 Å². The predicted octanol–water partition coefficient (Wildman–Crippen LogP) is 1.79. The number of rotatable bonds is 6. The van der Waals surface area contributed by atoms with Gasteiger partial charge in [0.2, 0.25) is 0 Å². The van der Waals surface area contributed by atoms with Gasteiger partial charge in [-0.3, -0.25) is 4.79 Å². The van der Waals surface area contributed by atoms with E-state index in [1.807, 2.05) is 12.1 Å². The number of aryl methyl sites for hydroxylation is 2. The van der Waals surface area contributed by atoms with Crippen LogP contribution in [0.3, 0.4) is 0 Å². The zero-order chi connectivity index (χ0) is 19.2. The molecule has 2 N–H and O–H groups in total. The van der Waals surface area contributed by atoms with Gasteiger partial charge in [-0.2, -0.15) is 0 Å². The van der Waals surface area contributed by atoms with Crippen molar-refractivity contribution >= 4 is 17.3 Å². The van der Waals surface area contributed by atoms with Crippen LogP contribution in [-0.4, -0.2) is 45.8 Å². The van der Waals surface area contributed by atoms with E-state index in [2.05, 4.69) is 61.4 Å². The van der Waals surface area contributed by atoms with Crippen molar-refractivity contribution in [2.24, 2.45) is 0 Å². The molecular weight excluding hydrogens is 338 g/mol. The molecule has 1 amide bonds. The van der Waals surface area contributed by atoms with Crippen LogP contribution in [0.25, 0.3) is 0 Å². The van der Waals surface area contributed by atoms with Gasteiger partial charge in [0.1, 0.15) is 6.54 Å². The number of nitrogens with zero attached hydrogens (tertiary/aromatic N) is 1. The number of hydrogen-bond acceptors (Lipinski definition) is 3. The molecule has 0 bridgehead atoms. The van der Waals surface area contributed by atoms with Crippen molar-refractivity contribution in [3.63, 3.8) is 0 Å². The summed E-state index contributed by atoms with van der Waals surface area (Å²) in [6.07, 6.45) is 0. The summed E-state index contributed by atoms with van der Waals surface area (Å²) in [5.41, 5.74) is 5.85. The van der Waals surface area contributed by atoms with Gasteiger partial charge in [-0.15, -0.1) is 0 Å². The fraction of sp³-hybridized carbons (Fsp3) is 0.409. The average molecular weight is 369 g/mol. The van der Waals surface area contributed by atoms with Crippen molar-refractivity contribution < 1.29 is 14.4 Å². The lowest BCUT2D eigenvalue weighted by molar-refractivity contribution is -0.885. The molecule has 0 saturated carbocycles. The van der Waals surface area contributed by atoms with Crippen molar-refractivity contribution in [3.05, 3.63) is 59.2 Å². The summed E-state index contributed by atoms with van der Waals surface area (Å²) in [5, 5.41) is 3.01. The average Bonchev–Trinajstić information content (AvgIpc) is 2.66. The van der Waals surface area contributed by atoms with Crippen LogP contribution in [0.2, 0.25) is 0 Å². The number of hydrogen-bond donors (Lipinski definition) is 2. The van der Waals surface area contributed by atoms with Gasteiger partial charge in [0, 0.05) is 30.0 Å². The highest BCUT2D eigenvalue weighted by Crippen LogP contribution is 2.18. The van der Waals surface area contributed by atoms with E-state index in [0.717, 1.165) is 38.5 Å². The second-order valence-electron chi connectivity index (χ2n) is 7.44. The first-order valence-electron chi connectivity index (χ1n) is 9.61. The van der Waals surface area contributed by atoms with Crippen LogP contribution in [0.15, 0.2) is 42.5 Å². The molecule has 1 fully saturated rings. The summed E-state index contributed by atoms with van der Waals surface area (Å²) in [5.74, 6) is 0.0388. The lowest BCUT2D eigenvalue weighted by atomic mass is 10.1. The normalized spacial score (nSPS) is 15.4. The predicted molar refractivity (Wildman–Crippen MR) is 109 cm³/mol. The second-order valence-corrected chi connectivity index (χ2v) is 7.44. The molecule has 1 saturated heterocycles. The Morgan fingerprint density at radius 2 is 1.81 bits per heavy atom. The molecule has 27 heavy (non-hydrogen) atoms. The minimum absolute atomic E-state index is 0.0388. The summed E-state index contributed by atoms with van der Waals surface area (Å²) < 4.78 is 5.39. The molecular formula is C22H30N3O2+. The van der Waals surface area contributed by atoms with Crippen molar-refractivity contribution in [1.29, 1.82) is 0 Å². The summed E-state index contributed by atoms with van der Waals surface area (Å²) in [6, 6.07) is 14.6. The summed E-state index contributed by atoms with van der Waals surface area (Å²) >= 11 is 0. The van der Waals surface area contributed by atoms with E-state index in [4.69, 9.17) is 4.74 Å². The Labute approximate surface area is 161 Å². The number of morpholine rings is 1. The van der Waals surface area contributed by atoms with Crippen molar-refractivity contribution in [1.82, 2.24) is 0 Å². The smallest absolute Gasteiger partial charge is 0.279 e. The number of quaternary nitrogens is 1. The molecule has 0 aliphatic carbocycles. The van der Waals surface area contributed by atoms with E-state index < -0.39 is 0 Å². The van der Waals surface area contributed by atoms with Crippen LogP contribution in [-0.2, 0) is 16.1 Å². The highest BCUT2D eigenvalue weighted by atomic mass is 16.5. The SMILES string of the molecule is Cc1ccc(C)c(C[NH+](C)CC(=O)Nc2ccc(N3CCOCC3)cc2)c1. The highest BCUT2D eigenvalue weighted by molar-refractivity contribution is 5.91. The summed E-state index contributed by atoms with van der Waals surface area (Å²) in [4.78, 5) is 15.9. The van der Waals surface area contributed by atoms with E-state index in [0.29, 0.717) is 6.54 Å². The zero-order valence-electron chi connectivity index (χ0n) is 16.5. The first kappa shape index (κ1) is 19.4. The molecule has 1 unspecified atom stereocenters. The number of nitrogens with one attached hydrogen (secondary N) is 2. The number of anilines is 2. The molecule has 3 rings (SSSR count). The molecule has 1 aliphatic rings. The molecule has 0 radical (unpaired) electrons. The van der Waals surface area contributed by atoms with Gasteiger partial charge in [-0.25, -0.2) is 0 Å². The third kappa shape index (κ3) is 5.55. The third-order valence-corrected chi connectivity index (χ3v) is 4.99. The molecule has 0 aromatic heterocycles. The summed E-state index contributed by atoms with van der Waals surface area (Å²) in [7, 11) is 2.06. The third-order valence-electron chi connectivity index (χ3n) is 4.99. The van der Waals surface area contributed by atoms with Gasteiger partial charge in [-0.1, -0.05) is 23.8 Å². The maximum Gasteiger partial charge on any atom is 0.279 e. The first-order chi connectivity index (χ1) is 13.0.